The minimum absolute atomic E-state index is 0.217. The number of aromatic nitrogens is 1. The third-order valence-corrected chi connectivity index (χ3v) is 7.85. The average Bonchev–Trinajstić information content (AvgIpc) is 3.49. The van der Waals surface area contributed by atoms with Gasteiger partial charge in [-0.3, -0.25) is 14.5 Å². The van der Waals surface area contributed by atoms with Crippen LogP contribution in [0, 0.1) is 13.8 Å². The van der Waals surface area contributed by atoms with Crippen molar-refractivity contribution in [1.82, 2.24) is 14.8 Å². The summed E-state index contributed by atoms with van der Waals surface area (Å²) in [7, 11) is 0. The molecule has 8 nitrogen and oxygen atoms in total. The largest absolute Gasteiger partial charge is 0.454 e. The molecule has 37 heavy (non-hydrogen) atoms. The highest BCUT2D eigenvalue weighted by atomic mass is 16.7. The van der Waals surface area contributed by atoms with Gasteiger partial charge in [0.25, 0.3) is 5.91 Å². The lowest BCUT2D eigenvalue weighted by Crippen LogP contribution is -2.44. The number of Topliss-reactive ketones (excluding diaryl/α,β-unsaturated/α-hetero) is 1. The molecule has 8 heteroatoms. The average molecular weight is 500 g/mol. The molecule has 0 bridgehead atoms. The van der Waals surface area contributed by atoms with Crippen LogP contribution in [0.15, 0.2) is 48.5 Å². The Hall–Kier alpha value is -4.07. The smallest absolute Gasteiger partial charge is 0.325 e. The second kappa shape index (κ2) is 8.80. The van der Waals surface area contributed by atoms with Gasteiger partial charge in [-0.1, -0.05) is 30.3 Å². The monoisotopic (exact) mass is 499 g/mol. The number of fused-ring (bicyclic) bond motifs is 3. The number of nitrogens with one attached hydrogen (secondary N) is 1. The zero-order valence-electron chi connectivity index (χ0n) is 21.0. The van der Waals surface area contributed by atoms with E-state index in [9.17, 15) is 14.4 Å². The van der Waals surface area contributed by atoms with Crippen LogP contribution in [0.3, 0.4) is 0 Å². The van der Waals surface area contributed by atoms with Gasteiger partial charge >= 0.3 is 6.03 Å². The minimum atomic E-state index is -1.10. The van der Waals surface area contributed by atoms with E-state index in [-0.39, 0.29) is 25.0 Å². The van der Waals surface area contributed by atoms with Crippen LogP contribution < -0.4 is 14.8 Å². The van der Waals surface area contributed by atoms with Crippen LogP contribution in [-0.2, 0) is 23.3 Å². The van der Waals surface area contributed by atoms with Gasteiger partial charge in [-0.2, -0.15) is 0 Å². The van der Waals surface area contributed by atoms with Gasteiger partial charge in [0.15, 0.2) is 17.3 Å². The number of carbonyl (C=O) groups is 3. The summed E-state index contributed by atoms with van der Waals surface area (Å²) in [5.74, 6) is 0.842. The summed E-state index contributed by atoms with van der Waals surface area (Å²) < 4.78 is 12.9. The van der Waals surface area contributed by atoms with E-state index in [2.05, 4.69) is 9.88 Å². The molecule has 1 aromatic heterocycles. The SMILES string of the molecule is Cc1cc(C(=O)CN2C(=O)NC3(CCCCc4ccccc43)C2=O)c(C)n1Cc1ccc2c(c1)OCO2. The summed E-state index contributed by atoms with van der Waals surface area (Å²) in [6.45, 7) is 4.33. The third-order valence-electron chi connectivity index (χ3n) is 7.85. The summed E-state index contributed by atoms with van der Waals surface area (Å²) in [5.41, 5.74) is 4.08. The standard InChI is InChI=1S/C29H29N3O5/c1-18-13-22(19(2)31(18)15-20-10-11-25-26(14-20)37-17-36-25)24(33)16-32-27(34)29(30-28(32)35)12-6-5-8-21-7-3-4-9-23(21)29/h3-4,7,9-11,13-14H,5-6,8,12,15-17H2,1-2H3,(H,30,35). The molecule has 3 aliphatic rings. The number of ether oxygens (including phenoxy) is 2. The first kappa shape index (κ1) is 23.3. The Labute approximate surface area is 215 Å². The molecule has 1 N–H and O–H groups in total. The van der Waals surface area contributed by atoms with E-state index in [4.69, 9.17) is 9.47 Å². The lowest BCUT2D eigenvalue weighted by atomic mass is 9.84. The van der Waals surface area contributed by atoms with Crippen LogP contribution >= 0.6 is 0 Å². The molecule has 0 saturated carbocycles. The second-order valence-corrected chi connectivity index (χ2v) is 10.1. The number of hydrogen-bond donors (Lipinski definition) is 1. The third kappa shape index (κ3) is 3.79. The summed E-state index contributed by atoms with van der Waals surface area (Å²) in [6.07, 6.45) is 3.18. The zero-order chi connectivity index (χ0) is 25.7. The first-order valence-corrected chi connectivity index (χ1v) is 12.7. The molecule has 2 aromatic carbocycles. The fourth-order valence-electron chi connectivity index (χ4n) is 5.89. The van der Waals surface area contributed by atoms with Crippen LogP contribution in [0.5, 0.6) is 11.5 Å². The maximum Gasteiger partial charge on any atom is 0.325 e. The lowest BCUT2D eigenvalue weighted by Gasteiger charge is -2.27. The van der Waals surface area contributed by atoms with Gasteiger partial charge < -0.3 is 19.4 Å². The molecular formula is C29H29N3O5. The topological polar surface area (TPSA) is 89.9 Å². The van der Waals surface area contributed by atoms with E-state index in [1.54, 1.807) is 0 Å². The van der Waals surface area contributed by atoms with Crippen molar-refractivity contribution in [2.75, 3.05) is 13.3 Å². The van der Waals surface area contributed by atoms with Gasteiger partial charge in [0, 0.05) is 23.5 Å². The molecule has 1 saturated heterocycles. The normalized spacial score (nSPS) is 20.2. The van der Waals surface area contributed by atoms with Crippen molar-refractivity contribution in [3.8, 4) is 11.5 Å². The van der Waals surface area contributed by atoms with Gasteiger partial charge in [0.1, 0.15) is 5.54 Å². The number of amides is 3. The van der Waals surface area contributed by atoms with Gasteiger partial charge in [0.2, 0.25) is 6.79 Å². The highest BCUT2D eigenvalue weighted by Gasteiger charge is 2.53. The van der Waals surface area contributed by atoms with Crippen molar-refractivity contribution in [2.24, 2.45) is 0 Å². The number of imide groups is 1. The van der Waals surface area contributed by atoms with E-state index < -0.39 is 11.6 Å². The number of benzene rings is 2. The number of urea groups is 1. The fraction of sp³-hybridized carbons (Fsp3) is 0.345. The van der Waals surface area contributed by atoms with Crippen LogP contribution in [-0.4, -0.2) is 40.5 Å². The van der Waals surface area contributed by atoms with Gasteiger partial charge in [0.05, 0.1) is 6.54 Å². The first-order chi connectivity index (χ1) is 17.9. The Kier molecular flexibility index (Phi) is 5.55. The van der Waals surface area contributed by atoms with Crippen molar-refractivity contribution in [3.05, 3.63) is 82.2 Å². The van der Waals surface area contributed by atoms with E-state index in [0.29, 0.717) is 24.3 Å². The quantitative estimate of drug-likeness (QED) is 0.419. The molecular weight excluding hydrogens is 470 g/mol. The molecule has 1 fully saturated rings. The van der Waals surface area contributed by atoms with Crippen molar-refractivity contribution in [2.45, 2.75) is 51.6 Å². The Morgan fingerprint density at radius 1 is 1.03 bits per heavy atom. The molecule has 0 radical (unpaired) electrons. The van der Waals surface area contributed by atoms with Crippen LogP contribution in [0.2, 0.25) is 0 Å². The van der Waals surface area contributed by atoms with E-state index in [1.807, 2.05) is 62.4 Å². The van der Waals surface area contributed by atoms with Gasteiger partial charge in [-0.25, -0.2) is 4.79 Å². The van der Waals surface area contributed by atoms with Gasteiger partial charge in [-0.05, 0) is 74.4 Å². The maximum absolute atomic E-state index is 13.7. The number of rotatable bonds is 5. The van der Waals surface area contributed by atoms with Crippen LogP contribution in [0.25, 0.3) is 0 Å². The van der Waals surface area contributed by atoms with Crippen molar-refractivity contribution in [3.63, 3.8) is 0 Å². The zero-order valence-corrected chi connectivity index (χ0v) is 21.0. The number of carbonyl (C=O) groups excluding carboxylic acids is 3. The molecule has 3 amide bonds. The molecule has 3 heterocycles. The van der Waals surface area contributed by atoms with E-state index in [1.165, 1.54) is 0 Å². The number of nitrogens with zero attached hydrogens (tertiary/aromatic N) is 2. The Morgan fingerprint density at radius 3 is 2.70 bits per heavy atom. The fourth-order valence-corrected chi connectivity index (χ4v) is 5.89. The molecule has 1 atom stereocenters. The predicted octanol–water partition coefficient (Wildman–Crippen LogP) is 4.24. The molecule has 1 unspecified atom stereocenters. The molecule has 1 spiro atoms. The Morgan fingerprint density at radius 2 is 1.84 bits per heavy atom. The molecule has 3 aromatic rings. The molecule has 2 aliphatic heterocycles. The summed E-state index contributed by atoms with van der Waals surface area (Å²) in [6, 6.07) is 14.9. The summed E-state index contributed by atoms with van der Waals surface area (Å²) >= 11 is 0. The Balaban J connectivity index is 1.24. The molecule has 6 rings (SSSR count). The van der Waals surface area contributed by atoms with E-state index in [0.717, 1.165) is 58.0 Å². The van der Waals surface area contributed by atoms with Crippen molar-refractivity contribution in [1.29, 1.82) is 0 Å². The highest BCUT2D eigenvalue weighted by molar-refractivity contribution is 6.11. The van der Waals surface area contributed by atoms with Crippen LogP contribution in [0.4, 0.5) is 4.79 Å². The van der Waals surface area contributed by atoms with E-state index >= 15 is 0 Å². The molecule has 1 aliphatic carbocycles. The maximum atomic E-state index is 13.7. The number of aryl methyl sites for hydroxylation is 2. The minimum Gasteiger partial charge on any atom is -0.454 e. The lowest BCUT2D eigenvalue weighted by molar-refractivity contribution is -0.131. The Bertz CT molecular complexity index is 1440. The first-order valence-electron chi connectivity index (χ1n) is 12.7. The van der Waals surface area contributed by atoms with Crippen LogP contribution in [0.1, 0.15) is 57.7 Å². The number of hydrogen-bond acceptors (Lipinski definition) is 5. The van der Waals surface area contributed by atoms with Gasteiger partial charge in [-0.15, -0.1) is 0 Å². The second-order valence-electron chi connectivity index (χ2n) is 10.1. The highest BCUT2D eigenvalue weighted by Crippen LogP contribution is 2.39. The molecule has 190 valence electrons. The predicted molar refractivity (Wildman–Crippen MR) is 136 cm³/mol. The van der Waals surface area contributed by atoms with Crippen molar-refractivity contribution < 1.29 is 23.9 Å². The number of ketones is 1. The summed E-state index contributed by atoms with van der Waals surface area (Å²) in [5, 5.41) is 2.96. The van der Waals surface area contributed by atoms with Crippen molar-refractivity contribution >= 4 is 17.7 Å². The summed E-state index contributed by atoms with van der Waals surface area (Å²) in [4.78, 5) is 41.3.